The number of nitrogens with one attached hydrogen (secondary N) is 2. The molecule has 2 aliphatic rings. The third-order valence-corrected chi connectivity index (χ3v) is 6.82. The Morgan fingerprint density at radius 1 is 1.18 bits per heavy atom. The first-order chi connectivity index (χ1) is 13.5. The van der Waals surface area contributed by atoms with E-state index in [1.54, 1.807) is 12.1 Å². The van der Waals surface area contributed by atoms with Crippen LogP contribution in [-0.2, 0) is 17.6 Å². The number of carbonyl (C=O) groups is 2. The molecule has 1 atom stereocenters. The lowest BCUT2D eigenvalue weighted by Gasteiger charge is -2.13. The van der Waals surface area contributed by atoms with E-state index >= 15 is 0 Å². The van der Waals surface area contributed by atoms with Crippen molar-refractivity contribution < 1.29 is 14.3 Å². The summed E-state index contributed by atoms with van der Waals surface area (Å²) in [6.07, 6.45) is 4.87. The van der Waals surface area contributed by atoms with Gasteiger partial charge >= 0.3 is 0 Å². The van der Waals surface area contributed by atoms with Crippen LogP contribution in [0.5, 0.6) is 0 Å². The Morgan fingerprint density at radius 2 is 2.04 bits per heavy atom. The molecule has 1 fully saturated rings. The molecule has 2 N–H and O–H groups in total. The van der Waals surface area contributed by atoms with Crippen LogP contribution in [0.3, 0.4) is 0 Å². The predicted octanol–water partition coefficient (Wildman–Crippen LogP) is 4.70. The average molecular weight is 439 g/mol. The topological polar surface area (TPSA) is 67.4 Å². The van der Waals surface area contributed by atoms with E-state index in [4.69, 9.17) is 27.9 Å². The summed E-state index contributed by atoms with van der Waals surface area (Å²) in [4.78, 5) is 26.8. The quantitative estimate of drug-likeness (QED) is 0.710. The van der Waals surface area contributed by atoms with Gasteiger partial charge in [0.15, 0.2) is 0 Å². The highest BCUT2D eigenvalue weighted by molar-refractivity contribution is 7.17. The van der Waals surface area contributed by atoms with E-state index in [-0.39, 0.29) is 22.9 Å². The summed E-state index contributed by atoms with van der Waals surface area (Å²) in [5.74, 6) is -0.512. The monoisotopic (exact) mass is 438 g/mol. The van der Waals surface area contributed by atoms with Crippen LogP contribution in [-0.4, -0.2) is 31.1 Å². The van der Waals surface area contributed by atoms with Gasteiger partial charge in [-0.15, -0.1) is 11.3 Å². The van der Waals surface area contributed by atoms with Crippen molar-refractivity contribution >= 4 is 51.4 Å². The first-order valence-electron chi connectivity index (χ1n) is 9.33. The van der Waals surface area contributed by atoms with Crippen molar-refractivity contribution in [3.63, 3.8) is 0 Å². The van der Waals surface area contributed by atoms with Crippen LogP contribution in [0.2, 0.25) is 10.0 Å². The highest BCUT2D eigenvalue weighted by Gasteiger charge is 2.28. The fraction of sp³-hybridized carbons (Fsp3) is 0.400. The van der Waals surface area contributed by atoms with Gasteiger partial charge in [0.2, 0.25) is 0 Å². The van der Waals surface area contributed by atoms with Crippen molar-refractivity contribution in [2.24, 2.45) is 0 Å². The van der Waals surface area contributed by atoms with Crippen LogP contribution in [0.4, 0.5) is 5.00 Å². The van der Waals surface area contributed by atoms with Crippen LogP contribution >= 0.6 is 34.5 Å². The second kappa shape index (κ2) is 8.41. The summed E-state index contributed by atoms with van der Waals surface area (Å²) in [6.45, 7) is 1.23. The molecule has 1 aromatic heterocycles. The number of halogens is 2. The van der Waals surface area contributed by atoms with Crippen molar-refractivity contribution in [3.05, 3.63) is 49.8 Å². The molecule has 0 bridgehead atoms. The van der Waals surface area contributed by atoms with Gasteiger partial charge in [0.05, 0.1) is 22.3 Å². The summed E-state index contributed by atoms with van der Waals surface area (Å²) < 4.78 is 5.58. The van der Waals surface area contributed by atoms with E-state index in [1.807, 2.05) is 0 Å². The summed E-state index contributed by atoms with van der Waals surface area (Å²) in [5.41, 5.74) is 1.95. The van der Waals surface area contributed by atoms with Gasteiger partial charge in [0.1, 0.15) is 5.00 Å². The van der Waals surface area contributed by atoms with E-state index in [1.165, 1.54) is 22.3 Å². The third kappa shape index (κ3) is 4.06. The molecule has 1 aliphatic carbocycles. The minimum absolute atomic E-state index is 0.0709. The zero-order chi connectivity index (χ0) is 19.7. The molecule has 8 heteroatoms. The van der Waals surface area contributed by atoms with Crippen LogP contribution in [0.1, 0.15) is 50.4 Å². The van der Waals surface area contributed by atoms with E-state index in [2.05, 4.69) is 10.6 Å². The highest BCUT2D eigenvalue weighted by Crippen LogP contribution is 2.39. The molecule has 0 unspecified atom stereocenters. The lowest BCUT2D eigenvalue weighted by atomic mass is 10.1. The molecule has 28 heavy (non-hydrogen) atoms. The number of hydrogen-bond donors (Lipinski definition) is 2. The fourth-order valence-corrected chi connectivity index (χ4v) is 5.45. The first kappa shape index (κ1) is 19.7. The van der Waals surface area contributed by atoms with Gasteiger partial charge in [-0.05, 0) is 55.9 Å². The normalized spacial score (nSPS) is 18.1. The van der Waals surface area contributed by atoms with Gasteiger partial charge < -0.3 is 15.4 Å². The molecule has 2 heterocycles. The van der Waals surface area contributed by atoms with E-state index in [9.17, 15) is 9.59 Å². The van der Waals surface area contributed by atoms with E-state index < -0.39 is 0 Å². The molecular weight excluding hydrogens is 419 g/mol. The Morgan fingerprint density at radius 3 is 2.79 bits per heavy atom. The number of hydrogen-bond acceptors (Lipinski definition) is 4. The summed E-state index contributed by atoms with van der Waals surface area (Å²) in [6, 6.07) is 4.73. The fourth-order valence-electron chi connectivity index (χ4n) is 3.68. The summed E-state index contributed by atoms with van der Waals surface area (Å²) >= 11 is 13.5. The number of ether oxygens (including phenoxy) is 1. The van der Waals surface area contributed by atoms with Crippen molar-refractivity contribution in [3.8, 4) is 0 Å². The number of fused-ring (bicyclic) bond motifs is 1. The molecule has 2 amide bonds. The second-order valence-electron chi connectivity index (χ2n) is 6.98. The largest absolute Gasteiger partial charge is 0.376 e. The molecule has 0 radical (unpaired) electrons. The number of aryl methyl sites for hydroxylation is 1. The zero-order valence-electron chi connectivity index (χ0n) is 15.1. The van der Waals surface area contributed by atoms with E-state index in [0.29, 0.717) is 27.7 Å². The van der Waals surface area contributed by atoms with Crippen LogP contribution in [0.25, 0.3) is 0 Å². The first-order valence-corrected chi connectivity index (χ1v) is 10.9. The minimum Gasteiger partial charge on any atom is -0.376 e. The highest BCUT2D eigenvalue weighted by atomic mass is 35.5. The molecule has 0 spiro atoms. The van der Waals surface area contributed by atoms with Gasteiger partial charge in [0, 0.05) is 23.1 Å². The molecule has 2 aromatic rings. The molecule has 1 aliphatic heterocycles. The Labute approximate surface area is 177 Å². The number of carbonyl (C=O) groups excluding carboxylic acids is 2. The maximum atomic E-state index is 12.9. The number of rotatable bonds is 5. The average Bonchev–Trinajstić information content (AvgIpc) is 3.37. The van der Waals surface area contributed by atoms with Crippen molar-refractivity contribution in [1.82, 2.24) is 5.32 Å². The SMILES string of the molecule is O=C(Nc1sc2c(c1C(=O)NC[C@@H]1CCCO1)CCC2)c1ccc(Cl)cc1Cl. The summed E-state index contributed by atoms with van der Waals surface area (Å²) in [7, 11) is 0. The number of anilines is 1. The van der Waals surface area contributed by atoms with E-state index in [0.717, 1.165) is 44.3 Å². The van der Waals surface area contributed by atoms with Gasteiger partial charge in [-0.25, -0.2) is 0 Å². The Kier molecular flexibility index (Phi) is 5.92. The Bertz CT molecular complexity index is 922. The molecule has 148 valence electrons. The van der Waals surface area contributed by atoms with Crippen molar-refractivity contribution in [1.29, 1.82) is 0 Å². The second-order valence-corrected chi connectivity index (χ2v) is 8.93. The number of amides is 2. The zero-order valence-corrected chi connectivity index (χ0v) is 17.5. The lowest BCUT2D eigenvalue weighted by Crippen LogP contribution is -2.32. The van der Waals surface area contributed by atoms with Crippen LogP contribution < -0.4 is 10.6 Å². The smallest absolute Gasteiger partial charge is 0.257 e. The molecule has 5 nitrogen and oxygen atoms in total. The molecule has 4 rings (SSSR count). The Hall–Kier alpha value is -1.60. The van der Waals surface area contributed by atoms with Gasteiger partial charge in [-0.2, -0.15) is 0 Å². The van der Waals surface area contributed by atoms with Gasteiger partial charge in [0.25, 0.3) is 11.8 Å². The summed E-state index contributed by atoms with van der Waals surface area (Å²) in [5, 5.41) is 7.18. The molecular formula is C20H20Cl2N2O3S. The molecule has 0 saturated carbocycles. The standard InChI is InChI=1S/C20H20Cl2N2O3S/c21-11-6-7-13(15(22)9-11)18(25)24-20-17(14-4-1-5-16(14)28-20)19(26)23-10-12-3-2-8-27-12/h6-7,9,12H,1-5,8,10H2,(H,23,26)(H,24,25)/t12-/m0/s1. The van der Waals surface area contributed by atoms with Crippen molar-refractivity contribution in [2.75, 3.05) is 18.5 Å². The predicted molar refractivity (Wildman–Crippen MR) is 112 cm³/mol. The minimum atomic E-state index is -0.352. The lowest BCUT2D eigenvalue weighted by molar-refractivity contribution is 0.0858. The van der Waals surface area contributed by atoms with Crippen LogP contribution in [0, 0.1) is 0 Å². The van der Waals surface area contributed by atoms with Gasteiger partial charge in [-0.1, -0.05) is 23.2 Å². The number of thiophene rings is 1. The van der Waals surface area contributed by atoms with Gasteiger partial charge in [-0.3, -0.25) is 9.59 Å². The van der Waals surface area contributed by atoms with Crippen molar-refractivity contribution in [2.45, 2.75) is 38.2 Å². The maximum Gasteiger partial charge on any atom is 0.257 e. The number of benzene rings is 1. The molecule has 1 saturated heterocycles. The van der Waals surface area contributed by atoms with Crippen LogP contribution in [0.15, 0.2) is 18.2 Å². The Balaban J connectivity index is 1.55. The maximum absolute atomic E-state index is 12.9. The molecule has 1 aromatic carbocycles. The third-order valence-electron chi connectivity index (χ3n) is 5.07.